The number of nitro benzene ring substituents is 1. The second-order valence-corrected chi connectivity index (χ2v) is 4.44. The van der Waals surface area contributed by atoms with E-state index in [2.05, 4.69) is 10.6 Å². The van der Waals surface area contributed by atoms with Crippen molar-refractivity contribution >= 4 is 23.0 Å². The number of nitrogens with zero attached hydrogens (tertiary/aromatic N) is 1. The van der Waals surface area contributed by atoms with E-state index >= 15 is 0 Å². The second-order valence-electron chi connectivity index (χ2n) is 4.44. The molecule has 0 heterocycles. The number of non-ortho nitro benzene ring substituents is 1. The molecule has 2 N–H and O–H groups in total. The van der Waals surface area contributed by atoms with Crippen molar-refractivity contribution in [2.75, 3.05) is 24.3 Å². The van der Waals surface area contributed by atoms with Crippen molar-refractivity contribution in [2.24, 2.45) is 0 Å². The smallest absolute Gasteiger partial charge is 0.271 e. The van der Waals surface area contributed by atoms with Crippen LogP contribution in [0.3, 0.4) is 0 Å². The quantitative estimate of drug-likeness (QED) is 0.632. The molecule has 0 radical (unpaired) electrons. The van der Waals surface area contributed by atoms with Crippen molar-refractivity contribution < 1.29 is 14.5 Å². The minimum atomic E-state index is -0.484. The molecule has 0 aliphatic heterocycles. The fraction of sp³-hybridized carbons (Fsp3) is 0.133. The van der Waals surface area contributed by atoms with Gasteiger partial charge in [-0.1, -0.05) is 6.07 Å². The van der Waals surface area contributed by atoms with E-state index in [1.165, 1.54) is 12.1 Å². The van der Waals surface area contributed by atoms with Gasteiger partial charge in [-0.15, -0.1) is 0 Å². The van der Waals surface area contributed by atoms with Crippen molar-refractivity contribution in [1.29, 1.82) is 0 Å². The van der Waals surface area contributed by atoms with Crippen molar-refractivity contribution in [3.63, 3.8) is 0 Å². The SMILES string of the molecule is COc1ccc(NC(=O)CNc2cccc([N+](=O)[O-])c2)cc1. The van der Waals surface area contributed by atoms with Gasteiger partial charge in [-0.3, -0.25) is 14.9 Å². The highest BCUT2D eigenvalue weighted by Crippen LogP contribution is 2.17. The van der Waals surface area contributed by atoms with Gasteiger partial charge in [0, 0.05) is 23.5 Å². The van der Waals surface area contributed by atoms with Gasteiger partial charge < -0.3 is 15.4 Å². The molecule has 1 amide bonds. The minimum absolute atomic E-state index is 0.00714. The lowest BCUT2D eigenvalue weighted by Gasteiger charge is -2.08. The van der Waals surface area contributed by atoms with E-state index in [4.69, 9.17) is 4.74 Å². The number of rotatable bonds is 6. The van der Waals surface area contributed by atoms with Gasteiger partial charge >= 0.3 is 0 Å². The summed E-state index contributed by atoms with van der Waals surface area (Å²) in [7, 11) is 1.57. The molecule has 0 aliphatic carbocycles. The molecule has 2 rings (SSSR count). The number of carbonyl (C=O) groups is 1. The van der Waals surface area contributed by atoms with Gasteiger partial charge in [-0.05, 0) is 30.3 Å². The van der Waals surface area contributed by atoms with Crippen LogP contribution in [0.5, 0.6) is 5.75 Å². The van der Waals surface area contributed by atoms with Gasteiger partial charge in [0.15, 0.2) is 0 Å². The topological polar surface area (TPSA) is 93.5 Å². The fourth-order valence-electron chi connectivity index (χ4n) is 1.79. The Morgan fingerprint density at radius 3 is 2.55 bits per heavy atom. The normalized spacial score (nSPS) is 9.86. The third-order valence-corrected chi connectivity index (χ3v) is 2.88. The number of benzene rings is 2. The molecule has 7 nitrogen and oxygen atoms in total. The molecule has 2 aromatic carbocycles. The summed E-state index contributed by atoms with van der Waals surface area (Å²) in [4.78, 5) is 22.0. The number of hydrogen-bond donors (Lipinski definition) is 2. The molecule has 114 valence electrons. The number of methoxy groups -OCH3 is 1. The van der Waals surface area contributed by atoms with Crippen molar-refractivity contribution in [3.05, 3.63) is 58.6 Å². The third kappa shape index (κ3) is 4.20. The molecular formula is C15H15N3O4. The van der Waals surface area contributed by atoms with Crippen molar-refractivity contribution in [3.8, 4) is 5.75 Å². The van der Waals surface area contributed by atoms with Crippen LogP contribution in [0.2, 0.25) is 0 Å². The van der Waals surface area contributed by atoms with Crippen LogP contribution in [0.25, 0.3) is 0 Å². The van der Waals surface area contributed by atoms with Crippen molar-refractivity contribution in [1.82, 2.24) is 0 Å². The molecular weight excluding hydrogens is 286 g/mol. The Labute approximate surface area is 127 Å². The molecule has 0 bridgehead atoms. The lowest BCUT2D eigenvalue weighted by atomic mass is 10.2. The van der Waals surface area contributed by atoms with Crippen LogP contribution >= 0.6 is 0 Å². The monoisotopic (exact) mass is 301 g/mol. The summed E-state index contributed by atoms with van der Waals surface area (Å²) in [5, 5.41) is 16.2. The zero-order chi connectivity index (χ0) is 15.9. The van der Waals surface area contributed by atoms with Gasteiger partial charge in [-0.25, -0.2) is 0 Å². The van der Waals surface area contributed by atoms with E-state index < -0.39 is 4.92 Å². The number of anilines is 2. The van der Waals surface area contributed by atoms with Gasteiger partial charge in [-0.2, -0.15) is 0 Å². The zero-order valence-corrected chi connectivity index (χ0v) is 11.9. The first-order chi connectivity index (χ1) is 10.6. The highest BCUT2D eigenvalue weighted by molar-refractivity contribution is 5.93. The maximum atomic E-state index is 11.8. The summed E-state index contributed by atoms with van der Waals surface area (Å²) in [6, 6.07) is 12.9. The standard InChI is InChI=1S/C15H15N3O4/c1-22-14-7-5-11(6-8-14)17-15(19)10-16-12-3-2-4-13(9-12)18(20)21/h2-9,16H,10H2,1H3,(H,17,19). The Balaban J connectivity index is 1.89. The van der Waals surface area contributed by atoms with Crippen LogP contribution in [0.4, 0.5) is 17.1 Å². The summed E-state index contributed by atoms with van der Waals surface area (Å²) >= 11 is 0. The lowest BCUT2D eigenvalue weighted by Crippen LogP contribution is -2.21. The molecule has 2 aromatic rings. The Hall–Kier alpha value is -3.09. The molecule has 0 aromatic heterocycles. The Morgan fingerprint density at radius 2 is 1.91 bits per heavy atom. The van der Waals surface area contributed by atoms with E-state index in [1.807, 2.05) is 0 Å². The van der Waals surface area contributed by atoms with Gasteiger partial charge in [0.05, 0.1) is 18.6 Å². The van der Waals surface area contributed by atoms with Crippen molar-refractivity contribution in [2.45, 2.75) is 0 Å². The predicted octanol–water partition coefficient (Wildman–Crippen LogP) is 2.65. The molecule has 0 saturated heterocycles. The highest BCUT2D eigenvalue weighted by atomic mass is 16.6. The average molecular weight is 301 g/mol. The number of hydrogen-bond acceptors (Lipinski definition) is 5. The van der Waals surface area contributed by atoms with E-state index in [9.17, 15) is 14.9 Å². The summed E-state index contributed by atoms with van der Waals surface area (Å²) in [5.41, 5.74) is 1.13. The first-order valence-electron chi connectivity index (χ1n) is 6.51. The third-order valence-electron chi connectivity index (χ3n) is 2.88. The zero-order valence-electron chi connectivity index (χ0n) is 11.9. The molecule has 0 fully saturated rings. The second kappa shape index (κ2) is 7.07. The molecule has 0 atom stereocenters. The first kappa shape index (κ1) is 15.3. The Kier molecular flexibility index (Phi) is 4.92. The maximum Gasteiger partial charge on any atom is 0.271 e. The summed E-state index contributed by atoms with van der Waals surface area (Å²) < 4.78 is 5.03. The number of ether oxygens (including phenoxy) is 1. The van der Waals surface area contributed by atoms with Gasteiger partial charge in [0.1, 0.15) is 5.75 Å². The predicted molar refractivity (Wildman–Crippen MR) is 83.2 cm³/mol. The number of nitrogens with one attached hydrogen (secondary N) is 2. The maximum absolute atomic E-state index is 11.8. The van der Waals surface area contributed by atoms with Crippen LogP contribution in [0, 0.1) is 10.1 Å². The van der Waals surface area contributed by atoms with Crippen LogP contribution in [-0.4, -0.2) is 24.5 Å². The average Bonchev–Trinajstić information content (AvgIpc) is 2.54. The summed E-state index contributed by atoms with van der Waals surface area (Å²) in [5.74, 6) is 0.449. The molecule has 22 heavy (non-hydrogen) atoms. The molecule has 0 aliphatic rings. The van der Waals surface area contributed by atoms with Crippen LogP contribution < -0.4 is 15.4 Å². The first-order valence-corrected chi connectivity index (χ1v) is 6.51. The Morgan fingerprint density at radius 1 is 1.18 bits per heavy atom. The van der Waals surface area contributed by atoms with E-state index in [0.29, 0.717) is 17.1 Å². The lowest BCUT2D eigenvalue weighted by molar-refractivity contribution is -0.384. The number of amides is 1. The van der Waals surface area contributed by atoms with Gasteiger partial charge in [0.25, 0.3) is 5.69 Å². The highest BCUT2D eigenvalue weighted by Gasteiger charge is 2.07. The summed E-state index contributed by atoms with van der Waals surface area (Å²) in [6.45, 7) is 0.00714. The molecule has 0 spiro atoms. The molecule has 7 heteroatoms. The van der Waals surface area contributed by atoms with Crippen LogP contribution in [0.1, 0.15) is 0 Å². The number of carbonyl (C=O) groups excluding carboxylic acids is 1. The number of nitro groups is 1. The molecule has 0 unspecified atom stereocenters. The minimum Gasteiger partial charge on any atom is -0.497 e. The van der Waals surface area contributed by atoms with E-state index in [1.54, 1.807) is 43.5 Å². The van der Waals surface area contributed by atoms with Crippen LogP contribution in [0.15, 0.2) is 48.5 Å². The van der Waals surface area contributed by atoms with Crippen LogP contribution in [-0.2, 0) is 4.79 Å². The van der Waals surface area contributed by atoms with E-state index in [-0.39, 0.29) is 18.1 Å². The fourth-order valence-corrected chi connectivity index (χ4v) is 1.79. The Bertz CT molecular complexity index is 671. The largest absolute Gasteiger partial charge is 0.497 e. The van der Waals surface area contributed by atoms with E-state index in [0.717, 1.165) is 0 Å². The molecule has 0 saturated carbocycles. The van der Waals surface area contributed by atoms with Gasteiger partial charge in [0.2, 0.25) is 5.91 Å². The summed E-state index contributed by atoms with van der Waals surface area (Å²) in [6.07, 6.45) is 0.